The molecule has 1 N–H and O–H groups in total. The van der Waals surface area contributed by atoms with Crippen LogP contribution in [0.3, 0.4) is 0 Å². The Morgan fingerprint density at radius 1 is 1.38 bits per heavy atom. The molecule has 13 heavy (non-hydrogen) atoms. The number of aliphatic carboxylic acids is 1. The molecule has 0 bridgehead atoms. The third-order valence-corrected chi connectivity index (χ3v) is 1.91. The number of carbonyl (C=O) groups is 1. The summed E-state index contributed by atoms with van der Waals surface area (Å²) in [4.78, 5) is 10.7. The number of carboxylic acids is 1. The van der Waals surface area contributed by atoms with Gasteiger partial charge in [0.25, 0.3) is 0 Å². The van der Waals surface area contributed by atoms with Crippen LogP contribution in [-0.4, -0.2) is 11.1 Å². The molecule has 0 fully saturated rings. The zero-order chi connectivity index (χ0) is 8.97. The molecule has 0 heterocycles. The summed E-state index contributed by atoms with van der Waals surface area (Å²) >= 11 is 0. The van der Waals surface area contributed by atoms with E-state index in [1.54, 1.807) is 0 Å². The van der Waals surface area contributed by atoms with Gasteiger partial charge in [-0.3, -0.25) is 4.79 Å². The van der Waals surface area contributed by atoms with Gasteiger partial charge in [-0.15, -0.1) is 0 Å². The standard InChI is InChI=1S/C10H12O2.Zr/c1-2-9(10(11)12)8-6-4-3-5-7-8;/h3-7,9H,2H2,1H3,(H,11,12);. The quantitative estimate of drug-likeness (QED) is 0.899. The molecule has 1 aromatic carbocycles. The van der Waals surface area contributed by atoms with Gasteiger partial charge in [-0.1, -0.05) is 37.3 Å². The number of carboxylic acid groups (broad SMARTS) is 1. The minimum Gasteiger partial charge on any atom is -0.481 e. The molecule has 1 unspecified atom stereocenters. The van der Waals surface area contributed by atoms with Gasteiger partial charge in [0.2, 0.25) is 0 Å². The van der Waals surface area contributed by atoms with E-state index in [-0.39, 0.29) is 32.1 Å². The van der Waals surface area contributed by atoms with Crippen molar-refractivity contribution >= 4 is 5.97 Å². The molecule has 3 heteroatoms. The Kier molecular flexibility index (Phi) is 5.89. The average molecular weight is 255 g/mol. The van der Waals surface area contributed by atoms with Gasteiger partial charge >= 0.3 is 5.97 Å². The molecule has 0 aliphatic carbocycles. The van der Waals surface area contributed by atoms with Crippen LogP contribution >= 0.6 is 0 Å². The molecule has 1 rings (SSSR count). The first kappa shape index (κ1) is 12.6. The minimum absolute atomic E-state index is 0. The third kappa shape index (κ3) is 3.43. The average Bonchev–Trinajstić information content (AvgIpc) is 2.07. The Morgan fingerprint density at radius 2 is 1.92 bits per heavy atom. The number of benzene rings is 1. The van der Waals surface area contributed by atoms with Crippen molar-refractivity contribution in [3.63, 3.8) is 0 Å². The molecule has 0 spiro atoms. The summed E-state index contributed by atoms with van der Waals surface area (Å²) in [6.45, 7) is 1.88. The normalized spacial score (nSPS) is 11.5. The van der Waals surface area contributed by atoms with E-state index in [0.29, 0.717) is 6.42 Å². The molecule has 68 valence electrons. The first-order valence-corrected chi connectivity index (χ1v) is 4.03. The maximum Gasteiger partial charge on any atom is 0.310 e. The molecule has 0 radical (unpaired) electrons. The van der Waals surface area contributed by atoms with Crippen LogP contribution in [0.5, 0.6) is 0 Å². The summed E-state index contributed by atoms with van der Waals surface area (Å²) in [6, 6.07) is 9.31. The summed E-state index contributed by atoms with van der Waals surface area (Å²) in [7, 11) is 0. The van der Waals surface area contributed by atoms with Crippen molar-refractivity contribution in [2.24, 2.45) is 0 Å². The van der Waals surface area contributed by atoms with Gasteiger partial charge in [0.1, 0.15) is 0 Å². The second-order valence-electron chi connectivity index (χ2n) is 2.71. The largest absolute Gasteiger partial charge is 0.481 e. The van der Waals surface area contributed by atoms with Gasteiger partial charge < -0.3 is 5.11 Å². The predicted molar refractivity (Wildman–Crippen MR) is 47.1 cm³/mol. The van der Waals surface area contributed by atoms with E-state index >= 15 is 0 Å². The molecule has 1 atom stereocenters. The Morgan fingerprint density at radius 3 is 2.31 bits per heavy atom. The van der Waals surface area contributed by atoms with Crippen molar-refractivity contribution in [2.75, 3.05) is 0 Å². The van der Waals surface area contributed by atoms with Crippen LogP contribution < -0.4 is 0 Å². The van der Waals surface area contributed by atoms with Gasteiger partial charge in [0.05, 0.1) is 5.92 Å². The van der Waals surface area contributed by atoms with E-state index in [0.717, 1.165) is 5.56 Å². The Bertz CT molecular complexity index is 259. The van der Waals surface area contributed by atoms with Crippen LogP contribution in [0.25, 0.3) is 0 Å². The third-order valence-electron chi connectivity index (χ3n) is 1.91. The van der Waals surface area contributed by atoms with Crippen molar-refractivity contribution in [3.05, 3.63) is 35.9 Å². The molecule has 0 amide bonds. The van der Waals surface area contributed by atoms with Crippen molar-refractivity contribution in [2.45, 2.75) is 19.3 Å². The molecule has 0 aliphatic heterocycles. The summed E-state index contributed by atoms with van der Waals surface area (Å²) in [6.07, 6.45) is 0.638. The molecule has 1 aromatic rings. The molecule has 0 aliphatic rings. The fraction of sp³-hybridized carbons (Fsp3) is 0.300. The van der Waals surface area contributed by atoms with Crippen molar-refractivity contribution in [1.82, 2.24) is 0 Å². The van der Waals surface area contributed by atoms with E-state index in [4.69, 9.17) is 5.11 Å². The first-order chi connectivity index (χ1) is 5.75. The van der Waals surface area contributed by atoms with E-state index in [9.17, 15) is 4.79 Å². The SMILES string of the molecule is CCC(C(=O)O)c1ccccc1.[Zr]. The first-order valence-electron chi connectivity index (χ1n) is 4.03. The van der Waals surface area contributed by atoms with Crippen LogP contribution in [0.15, 0.2) is 30.3 Å². The van der Waals surface area contributed by atoms with Gasteiger partial charge in [-0.25, -0.2) is 0 Å². The van der Waals surface area contributed by atoms with Crippen LogP contribution in [0, 0.1) is 0 Å². The van der Waals surface area contributed by atoms with Crippen molar-refractivity contribution in [3.8, 4) is 0 Å². The summed E-state index contributed by atoms with van der Waals surface area (Å²) in [5.41, 5.74) is 0.882. The van der Waals surface area contributed by atoms with Gasteiger partial charge in [-0.05, 0) is 12.0 Å². The summed E-state index contributed by atoms with van der Waals surface area (Å²) in [5.74, 6) is -1.10. The minimum atomic E-state index is -0.747. The zero-order valence-electron chi connectivity index (χ0n) is 7.53. The van der Waals surface area contributed by atoms with E-state index in [1.807, 2.05) is 37.3 Å². The molecular weight excluding hydrogens is 243 g/mol. The van der Waals surface area contributed by atoms with E-state index < -0.39 is 5.97 Å². The van der Waals surface area contributed by atoms with Gasteiger partial charge in [-0.2, -0.15) is 0 Å². The van der Waals surface area contributed by atoms with Crippen LogP contribution in [0.1, 0.15) is 24.8 Å². The second kappa shape index (κ2) is 6.09. The summed E-state index contributed by atoms with van der Waals surface area (Å²) < 4.78 is 0. The topological polar surface area (TPSA) is 37.3 Å². The van der Waals surface area contributed by atoms with Crippen molar-refractivity contribution in [1.29, 1.82) is 0 Å². The molecule has 0 aromatic heterocycles. The van der Waals surface area contributed by atoms with Crippen LogP contribution in [-0.2, 0) is 31.0 Å². The molecule has 0 saturated heterocycles. The molecule has 2 nitrogen and oxygen atoms in total. The van der Waals surface area contributed by atoms with E-state index in [1.165, 1.54) is 0 Å². The second-order valence-corrected chi connectivity index (χ2v) is 2.71. The van der Waals surface area contributed by atoms with E-state index in [2.05, 4.69) is 0 Å². The van der Waals surface area contributed by atoms with Crippen LogP contribution in [0.2, 0.25) is 0 Å². The molecule has 0 saturated carbocycles. The maximum absolute atomic E-state index is 10.7. The number of hydrogen-bond acceptors (Lipinski definition) is 1. The van der Waals surface area contributed by atoms with Gasteiger partial charge in [0, 0.05) is 26.2 Å². The Hall–Kier alpha value is -0.427. The van der Waals surface area contributed by atoms with Crippen molar-refractivity contribution < 1.29 is 36.1 Å². The summed E-state index contributed by atoms with van der Waals surface area (Å²) in [5, 5.41) is 8.83. The Labute approximate surface area is 97.1 Å². The fourth-order valence-corrected chi connectivity index (χ4v) is 1.24. The zero-order valence-corrected chi connectivity index (χ0v) is 9.98. The number of hydrogen-bond donors (Lipinski definition) is 1. The number of rotatable bonds is 3. The monoisotopic (exact) mass is 254 g/mol. The predicted octanol–water partition coefficient (Wildman–Crippen LogP) is 2.26. The van der Waals surface area contributed by atoms with Gasteiger partial charge in [0.15, 0.2) is 0 Å². The maximum atomic E-state index is 10.7. The fourth-order valence-electron chi connectivity index (χ4n) is 1.24. The Balaban J connectivity index is 0.00000144. The smallest absolute Gasteiger partial charge is 0.310 e. The van der Waals surface area contributed by atoms with Crippen LogP contribution in [0.4, 0.5) is 0 Å². The molecular formula is C10H12O2Zr.